The lowest BCUT2D eigenvalue weighted by Gasteiger charge is -2.11. The summed E-state index contributed by atoms with van der Waals surface area (Å²) in [6, 6.07) is 0. The first-order valence-electron chi connectivity index (χ1n) is 6.52. The van der Waals surface area contributed by atoms with Gasteiger partial charge in [-0.15, -0.1) is 0 Å². The van der Waals surface area contributed by atoms with Crippen molar-refractivity contribution in [3.8, 4) is 12.4 Å². The number of rotatable bonds is 9. The zero-order valence-electron chi connectivity index (χ0n) is 11.2. The second kappa shape index (κ2) is 11.0. The number of unbranched alkanes of at least 4 members (excludes halogenated alkanes) is 3. The Morgan fingerprint density at radius 2 is 1.68 bits per heavy atom. The molecule has 6 heteroatoms. The third-order valence-electron chi connectivity index (χ3n) is 2.94. The fourth-order valence-electron chi connectivity index (χ4n) is 1.83. The molecule has 0 aromatic carbocycles. The first-order valence-corrected chi connectivity index (χ1v) is 6.52. The number of hydrogen-bond donors (Lipinski definition) is 2. The summed E-state index contributed by atoms with van der Waals surface area (Å²) in [6.07, 6.45) is 8.57. The van der Waals surface area contributed by atoms with Crippen molar-refractivity contribution in [1.29, 1.82) is 10.5 Å². The first-order chi connectivity index (χ1) is 9.15. The molecule has 1 unspecified atom stereocenters. The van der Waals surface area contributed by atoms with E-state index in [2.05, 4.69) is 10.6 Å². The van der Waals surface area contributed by atoms with Gasteiger partial charge in [0.05, 0.1) is 0 Å². The van der Waals surface area contributed by atoms with Gasteiger partial charge in [0, 0.05) is 12.3 Å². The highest BCUT2D eigenvalue weighted by molar-refractivity contribution is 5.79. The molecule has 0 heterocycles. The highest BCUT2D eigenvalue weighted by atomic mass is 16.2. The van der Waals surface area contributed by atoms with E-state index in [0.29, 0.717) is 6.42 Å². The van der Waals surface area contributed by atoms with Gasteiger partial charge in [0.1, 0.15) is 0 Å². The monoisotopic (exact) mass is 264 g/mol. The van der Waals surface area contributed by atoms with Crippen LogP contribution >= 0.6 is 0 Å². The number of nitriles is 2. The molecule has 2 N–H and O–H groups in total. The van der Waals surface area contributed by atoms with Crippen molar-refractivity contribution in [2.24, 2.45) is 5.92 Å². The Labute approximate surface area is 113 Å². The van der Waals surface area contributed by atoms with Crippen LogP contribution in [-0.4, -0.2) is 11.8 Å². The Kier molecular flexibility index (Phi) is 9.83. The molecule has 0 radical (unpaired) electrons. The molecule has 6 nitrogen and oxygen atoms in total. The van der Waals surface area contributed by atoms with E-state index in [4.69, 9.17) is 10.5 Å². The summed E-state index contributed by atoms with van der Waals surface area (Å²) < 4.78 is 0. The molecule has 0 aliphatic heterocycles. The van der Waals surface area contributed by atoms with E-state index in [1.165, 1.54) is 0 Å². The maximum atomic E-state index is 11.4. The molecule has 0 bridgehead atoms. The minimum atomic E-state index is -0.248. The molecule has 0 aliphatic rings. The Morgan fingerprint density at radius 3 is 2.26 bits per heavy atom. The van der Waals surface area contributed by atoms with Crippen LogP contribution in [0.2, 0.25) is 0 Å². The highest BCUT2D eigenvalue weighted by Gasteiger charge is 2.15. The lowest BCUT2D eigenvalue weighted by Crippen LogP contribution is -2.26. The molecule has 0 aromatic rings. The maximum absolute atomic E-state index is 11.4. The molecule has 19 heavy (non-hydrogen) atoms. The number of nitrogens with one attached hydrogen (secondary N) is 2. The summed E-state index contributed by atoms with van der Waals surface area (Å²) >= 11 is 0. The molecule has 2 amide bonds. The lowest BCUT2D eigenvalue weighted by atomic mass is 9.97. The van der Waals surface area contributed by atoms with Gasteiger partial charge in [-0.1, -0.05) is 26.2 Å². The Balaban J connectivity index is 3.63. The molecule has 0 rings (SSSR count). The van der Waals surface area contributed by atoms with Crippen molar-refractivity contribution in [2.75, 3.05) is 0 Å². The third kappa shape index (κ3) is 8.62. The standard InChI is InChI=1S/C13H20N4O2/c1-2-11(13(19)17-10-15)7-5-3-4-6-8-12(18)16-9-14/h11H,2-8H2,1H3,(H,16,18)(H,17,19). The van der Waals surface area contributed by atoms with Gasteiger partial charge in [-0.25, -0.2) is 0 Å². The summed E-state index contributed by atoms with van der Waals surface area (Å²) in [4.78, 5) is 22.4. The number of carbonyl (C=O) groups is 2. The summed E-state index contributed by atoms with van der Waals surface area (Å²) in [5.41, 5.74) is 0. The van der Waals surface area contributed by atoms with Gasteiger partial charge in [0.2, 0.25) is 11.8 Å². The van der Waals surface area contributed by atoms with Crippen LogP contribution < -0.4 is 10.6 Å². The summed E-state index contributed by atoms with van der Waals surface area (Å²) in [6.45, 7) is 1.92. The van der Waals surface area contributed by atoms with Gasteiger partial charge >= 0.3 is 0 Å². The van der Waals surface area contributed by atoms with Crippen LogP contribution in [0.4, 0.5) is 0 Å². The average molecular weight is 264 g/mol. The topological polar surface area (TPSA) is 106 Å². The van der Waals surface area contributed by atoms with Crippen LogP contribution in [0.1, 0.15) is 51.9 Å². The first kappa shape index (κ1) is 16.9. The molecule has 0 fully saturated rings. The van der Waals surface area contributed by atoms with Crippen LogP contribution in [0.5, 0.6) is 0 Å². The van der Waals surface area contributed by atoms with E-state index in [-0.39, 0.29) is 17.7 Å². The number of amides is 2. The average Bonchev–Trinajstić information content (AvgIpc) is 2.38. The normalized spacial score (nSPS) is 10.9. The van der Waals surface area contributed by atoms with Gasteiger partial charge in [-0.05, 0) is 19.3 Å². The van der Waals surface area contributed by atoms with Gasteiger partial charge in [0.15, 0.2) is 12.4 Å². The van der Waals surface area contributed by atoms with Gasteiger partial charge in [-0.2, -0.15) is 10.5 Å². The van der Waals surface area contributed by atoms with E-state index >= 15 is 0 Å². The summed E-state index contributed by atoms with van der Waals surface area (Å²) in [5.74, 6) is -0.567. The van der Waals surface area contributed by atoms with E-state index in [0.717, 1.165) is 38.5 Å². The van der Waals surface area contributed by atoms with Crippen molar-refractivity contribution >= 4 is 11.8 Å². The van der Waals surface area contributed by atoms with E-state index in [1.807, 2.05) is 6.92 Å². The summed E-state index contributed by atoms with van der Waals surface area (Å²) in [5, 5.41) is 20.8. The molecule has 0 saturated carbocycles. The predicted octanol–water partition coefficient (Wildman–Crippen LogP) is 1.55. The van der Waals surface area contributed by atoms with Gasteiger partial charge in [0.25, 0.3) is 0 Å². The van der Waals surface area contributed by atoms with Gasteiger partial charge < -0.3 is 0 Å². The molecular formula is C13H20N4O2. The molecule has 104 valence electrons. The second-order valence-electron chi connectivity index (χ2n) is 4.32. The van der Waals surface area contributed by atoms with E-state index in [1.54, 1.807) is 12.4 Å². The quantitative estimate of drug-likeness (QED) is 0.374. The van der Waals surface area contributed by atoms with Crippen molar-refractivity contribution in [3.63, 3.8) is 0 Å². The number of carbonyl (C=O) groups excluding carboxylic acids is 2. The Morgan fingerprint density at radius 1 is 1.05 bits per heavy atom. The minimum absolute atomic E-state index is 0.110. The van der Waals surface area contributed by atoms with Crippen molar-refractivity contribution < 1.29 is 9.59 Å². The minimum Gasteiger partial charge on any atom is -0.274 e. The molecule has 1 atom stereocenters. The van der Waals surface area contributed by atoms with Crippen LogP contribution in [0.3, 0.4) is 0 Å². The molecule has 0 spiro atoms. The maximum Gasteiger partial charge on any atom is 0.236 e. The van der Waals surface area contributed by atoms with Crippen molar-refractivity contribution in [3.05, 3.63) is 0 Å². The Bertz CT molecular complexity index is 368. The lowest BCUT2D eigenvalue weighted by molar-refractivity contribution is -0.124. The van der Waals surface area contributed by atoms with E-state index < -0.39 is 0 Å². The molecule has 0 saturated heterocycles. The fourth-order valence-corrected chi connectivity index (χ4v) is 1.83. The third-order valence-corrected chi connectivity index (χ3v) is 2.94. The largest absolute Gasteiger partial charge is 0.274 e. The number of nitrogens with zero attached hydrogens (tertiary/aromatic N) is 2. The fraction of sp³-hybridized carbons (Fsp3) is 0.692. The predicted molar refractivity (Wildman–Crippen MR) is 69.0 cm³/mol. The van der Waals surface area contributed by atoms with Crippen molar-refractivity contribution in [2.45, 2.75) is 51.9 Å². The van der Waals surface area contributed by atoms with Crippen LogP contribution in [0.25, 0.3) is 0 Å². The van der Waals surface area contributed by atoms with Gasteiger partial charge in [-0.3, -0.25) is 20.2 Å². The van der Waals surface area contributed by atoms with Crippen LogP contribution in [0, 0.1) is 28.8 Å². The zero-order chi connectivity index (χ0) is 14.5. The molecule has 0 aromatic heterocycles. The second-order valence-corrected chi connectivity index (χ2v) is 4.32. The Hall–Kier alpha value is -2.08. The number of hydrogen-bond acceptors (Lipinski definition) is 4. The highest BCUT2D eigenvalue weighted by Crippen LogP contribution is 2.14. The summed E-state index contributed by atoms with van der Waals surface area (Å²) in [7, 11) is 0. The SMILES string of the molecule is CCC(CCCCCCC(=O)NC#N)C(=O)NC#N. The molecular weight excluding hydrogens is 244 g/mol. The van der Waals surface area contributed by atoms with Crippen LogP contribution in [-0.2, 0) is 9.59 Å². The smallest absolute Gasteiger partial charge is 0.236 e. The van der Waals surface area contributed by atoms with Crippen LogP contribution in [0.15, 0.2) is 0 Å². The van der Waals surface area contributed by atoms with E-state index in [9.17, 15) is 9.59 Å². The molecule has 0 aliphatic carbocycles. The zero-order valence-corrected chi connectivity index (χ0v) is 11.2. The van der Waals surface area contributed by atoms with Crippen molar-refractivity contribution in [1.82, 2.24) is 10.6 Å².